The molecule has 1 fully saturated rings. The third-order valence-electron chi connectivity index (χ3n) is 2.71. The van der Waals surface area contributed by atoms with Crippen molar-refractivity contribution in [3.8, 4) is 0 Å². The third-order valence-corrected chi connectivity index (χ3v) is 2.90. The van der Waals surface area contributed by atoms with E-state index in [4.69, 9.17) is 11.6 Å². The lowest BCUT2D eigenvalue weighted by Crippen LogP contribution is -2.32. The Hall–Kier alpha value is -0.570. The lowest BCUT2D eigenvalue weighted by atomic mass is 9.95. The number of halogens is 1. The van der Waals surface area contributed by atoms with Crippen LogP contribution >= 0.6 is 11.6 Å². The van der Waals surface area contributed by atoms with Crippen LogP contribution in [-0.2, 0) is 9.59 Å². The van der Waals surface area contributed by atoms with E-state index < -0.39 is 0 Å². The van der Waals surface area contributed by atoms with Crippen LogP contribution in [0.15, 0.2) is 0 Å². The van der Waals surface area contributed by atoms with Gasteiger partial charge in [-0.2, -0.15) is 0 Å². The summed E-state index contributed by atoms with van der Waals surface area (Å²) in [7, 11) is 0. The molecule has 0 aromatic carbocycles. The first kappa shape index (κ1) is 11.5. The predicted octanol–water partition coefficient (Wildman–Crippen LogP) is 1.65. The second-order valence-corrected chi connectivity index (χ2v) is 4.42. The molecule has 2 amide bonds. The lowest BCUT2D eigenvalue weighted by molar-refractivity contribution is -0.141. The molecule has 0 spiro atoms. The first-order chi connectivity index (χ1) is 6.56. The molecule has 4 heteroatoms. The summed E-state index contributed by atoms with van der Waals surface area (Å²) in [5.74, 6) is 0.885. The highest BCUT2D eigenvalue weighted by Gasteiger charge is 2.34. The van der Waals surface area contributed by atoms with Gasteiger partial charge in [0.1, 0.15) is 0 Å². The quantitative estimate of drug-likeness (QED) is 0.675. The monoisotopic (exact) mass is 217 g/mol. The molecular formula is C10H16ClNO2. The fourth-order valence-electron chi connectivity index (χ4n) is 1.64. The van der Waals surface area contributed by atoms with E-state index in [0.29, 0.717) is 24.8 Å². The van der Waals surface area contributed by atoms with Crippen LogP contribution in [-0.4, -0.2) is 29.1 Å². The summed E-state index contributed by atoms with van der Waals surface area (Å²) in [6, 6.07) is 0. The van der Waals surface area contributed by atoms with Crippen LogP contribution in [0.3, 0.4) is 0 Å². The van der Waals surface area contributed by atoms with Crippen molar-refractivity contribution in [1.82, 2.24) is 4.90 Å². The standard InChI is InChI=1S/C10H16ClNO2/c1-7(2)8-5-10(14)12(6-8)9(13)3-4-11/h7-8H,3-6H2,1-2H3. The minimum absolute atomic E-state index is 0.0428. The summed E-state index contributed by atoms with van der Waals surface area (Å²) in [6.07, 6.45) is 0.768. The molecule has 1 unspecified atom stereocenters. The molecular weight excluding hydrogens is 202 g/mol. The van der Waals surface area contributed by atoms with Crippen LogP contribution in [0.1, 0.15) is 26.7 Å². The van der Waals surface area contributed by atoms with Crippen molar-refractivity contribution in [1.29, 1.82) is 0 Å². The molecule has 1 aliphatic heterocycles. The number of hydrogen-bond donors (Lipinski definition) is 0. The van der Waals surface area contributed by atoms with Crippen LogP contribution in [0.5, 0.6) is 0 Å². The topological polar surface area (TPSA) is 37.4 Å². The number of nitrogens with zero attached hydrogens (tertiary/aromatic N) is 1. The molecule has 1 saturated heterocycles. The smallest absolute Gasteiger partial charge is 0.230 e. The lowest BCUT2D eigenvalue weighted by Gasteiger charge is -2.15. The molecule has 0 N–H and O–H groups in total. The first-order valence-corrected chi connectivity index (χ1v) is 5.49. The largest absolute Gasteiger partial charge is 0.282 e. The first-order valence-electron chi connectivity index (χ1n) is 4.95. The zero-order valence-corrected chi connectivity index (χ0v) is 9.38. The average molecular weight is 218 g/mol. The number of hydrogen-bond acceptors (Lipinski definition) is 2. The summed E-state index contributed by atoms with van der Waals surface area (Å²) in [5.41, 5.74) is 0. The Labute approximate surface area is 89.4 Å². The van der Waals surface area contributed by atoms with Gasteiger partial charge in [0.2, 0.25) is 11.8 Å². The zero-order valence-electron chi connectivity index (χ0n) is 8.62. The van der Waals surface area contributed by atoms with E-state index in [1.807, 2.05) is 0 Å². The van der Waals surface area contributed by atoms with E-state index in [1.165, 1.54) is 4.90 Å². The van der Waals surface area contributed by atoms with Gasteiger partial charge in [-0.05, 0) is 11.8 Å². The van der Waals surface area contributed by atoms with Crippen molar-refractivity contribution in [3.05, 3.63) is 0 Å². The Bertz CT molecular complexity index is 240. The Kier molecular flexibility index (Phi) is 3.93. The Morgan fingerprint density at radius 3 is 2.71 bits per heavy atom. The van der Waals surface area contributed by atoms with E-state index in [9.17, 15) is 9.59 Å². The number of carbonyl (C=O) groups excluding carboxylic acids is 2. The van der Waals surface area contributed by atoms with Gasteiger partial charge in [0, 0.05) is 25.3 Å². The minimum Gasteiger partial charge on any atom is -0.282 e. The van der Waals surface area contributed by atoms with Crippen LogP contribution in [0.4, 0.5) is 0 Å². The van der Waals surface area contributed by atoms with Crippen molar-refractivity contribution in [2.75, 3.05) is 12.4 Å². The van der Waals surface area contributed by atoms with Crippen molar-refractivity contribution in [2.24, 2.45) is 11.8 Å². The summed E-state index contributed by atoms with van der Waals surface area (Å²) in [4.78, 5) is 24.3. The van der Waals surface area contributed by atoms with Crippen molar-refractivity contribution in [2.45, 2.75) is 26.7 Å². The summed E-state index contributed by atoms with van der Waals surface area (Å²) in [6.45, 7) is 4.73. The molecule has 0 radical (unpaired) electrons. The van der Waals surface area contributed by atoms with E-state index in [-0.39, 0.29) is 24.1 Å². The Morgan fingerprint density at radius 1 is 1.64 bits per heavy atom. The number of alkyl halides is 1. The molecule has 0 aromatic heterocycles. The van der Waals surface area contributed by atoms with Crippen LogP contribution in [0.25, 0.3) is 0 Å². The van der Waals surface area contributed by atoms with Gasteiger partial charge in [0.25, 0.3) is 0 Å². The minimum atomic E-state index is -0.131. The summed E-state index contributed by atoms with van der Waals surface area (Å²) in [5, 5.41) is 0. The number of rotatable bonds is 3. The Balaban J connectivity index is 2.56. The van der Waals surface area contributed by atoms with E-state index >= 15 is 0 Å². The number of imide groups is 1. The maximum atomic E-state index is 11.5. The second kappa shape index (κ2) is 4.78. The normalized spacial score (nSPS) is 22.1. The second-order valence-electron chi connectivity index (χ2n) is 4.05. The molecule has 1 heterocycles. The predicted molar refractivity (Wildman–Crippen MR) is 55.0 cm³/mol. The maximum Gasteiger partial charge on any atom is 0.230 e. The molecule has 14 heavy (non-hydrogen) atoms. The van der Waals surface area contributed by atoms with Crippen molar-refractivity contribution < 1.29 is 9.59 Å². The zero-order chi connectivity index (χ0) is 10.7. The molecule has 0 saturated carbocycles. The van der Waals surface area contributed by atoms with E-state index in [1.54, 1.807) is 0 Å². The van der Waals surface area contributed by atoms with Gasteiger partial charge in [0.05, 0.1) is 0 Å². The van der Waals surface area contributed by atoms with Crippen molar-refractivity contribution >= 4 is 23.4 Å². The van der Waals surface area contributed by atoms with Crippen LogP contribution < -0.4 is 0 Å². The molecule has 1 atom stereocenters. The highest BCUT2D eigenvalue weighted by atomic mass is 35.5. The number of likely N-dealkylation sites (tertiary alicyclic amines) is 1. The van der Waals surface area contributed by atoms with Crippen molar-refractivity contribution in [3.63, 3.8) is 0 Å². The third kappa shape index (κ3) is 2.47. The number of carbonyl (C=O) groups is 2. The number of amides is 2. The van der Waals surface area contributed by atoms with Gasteiger partial charge in [-0.3, -0.25) is 14.5 Å². The molecule has 0 bridgehead atoms. The van der Waals surface area contributed by atoms with E-state index in [2.05, 4.69) is 13.8 Å². The van der Waals surface area contributed by atoms with Gasteiger partial charge in [-0.25, -0.2) is 0 Å². The van der Waals surface area contributed by atoms with E-state index in [0.717, 1.165) is 0 Å². The Morgan fingerprint density at radius 2 is 2.29 bits per heavy atom. The molecule has 1 rings (SSSR count). The summed E-state index contributed by atoms with van der Waals surface area (Å²) < 4.78 is 0. The highest BCUT2D eigenvalue weighted by molar-refractivity contribution is 6.19. The van der Waals surface area contributed by atoms with Gasteiger partial charge in [0.15, 0.2) is 0 Å². The fraction of sp³-hybridized carbons (Fsp3) is 0.800. The highest BCUT2D eigenvalue weighted by Crippen LogP contribution is 2.25. The molecule has 0 aromatic rings. The van der Waals surface area contributed by atoms with Gasteiger partial charge < -0.3 is 0 Å². The molecule has 1 aliphatic rings. The summed E-state index contributed by atoms with van der Waals surface area (Å²) >= 11 is 5.46. The molecule has 80 valence electrons. The average Bonchev–Trinajstić information content (AvgIpc) is 2.48. The van der Waals surface area contributed by atoms with Crippen LogP contribution in [0, 0.1) is 11.8 Å². The van der Waals surface area contributed by atoms with Crippen LogP contribution in [0.2, 0.25) is 0 Å². The van der Waals surface area contributed by atoms with Gasteiger partial charge in [-0.1, -0.05) is 13.8 Å². The van der Waals surface area contributed by atoms with Gasteiger partial charge in [-0.15, -0.1) is 11.6 Å². The maximum absolute atomic E-state index is 11.5. The SMILES string of the molecule is CC(C)C1CC(=O)N(C(=O)CCCl)C1. The fourth-order valence-corrected chi connectivity index (χ4v) is 1.80. The van der Waals surface area contributed by atoms with Gasteiger partial charge >= 0.3 is 0 Å². The molecule has 0 aliphatic carbocycles. The molecule has 3 nitrogen and oxygen atoms in total.